The van der Waals surface area contributed by atoms with Gasteiger partial charge >= 0.3 is 0 Å². The van der Waals surface area contributed by atoms with E-state index >= 15 is 0 Å². The number of hydrogen-bond acceptors (Lipinski definition) is 4. The molecule has 1 N–H and O–H groups in total. The van der Waals surface area contributed by atoms with E-state index in [9.17, 15) is 4.79 Å². The molecule has 126 valence electrons. The van der Waals surface area contributed by atoms with Crippen LogP contribution >= 0.6 is 0 Å². The molecule has 3 rings (SSSR count). The predicted molar refractivity (Wildman–Crippen MR) is 96.0 cm³/mol. The largest absolute Gasteiger partial charge is 0.497 e. The monoisotopic (exact) mass is 334 g/mol. The zero-order valence-corrected chi connectivity index (χ0v) is 13.8. The Labute approximate surface area is 146 Å². The van der Waals surface area contributed by atoms with Gasteiger partial charge in [-0.2, -0.15) is 0 Å². The third kappa shape index (κ3) is 4.57. The van der Waals surface area contributed by atoms with Crippen LogP contribution in [-0.4, -0.2) is 18.0 Å². The van der Waals surface area contributed by atoms with E-state index in [2.05, 4.69) is 10.3 Å². The second-order valence-electron chi connectivity index (χ2n) is 5.36. The third-order valence-corrected chi connectivity index (χ3v) is 3.58. The Hall–Kier alpha value is -3.34. The van der Waals surface area contributed by atoms with Crippen molar-refractivity contribution in [1.29, 1.82) is 0 Å². The molecular weight excluding hydrogens is 316 g/mol. The van der Waals surface area contributed by atoms with Crippen LogP contribution in [0.2, 0.25) is 0 Å². The topological polar surface area (TPSA) is 60.5 Å². The van der Waals surface area contributed by atoms with Gasteiger partial charge in [-0.25, -0.2) is 0 Å². The van der Waals surface area contributed by atoms with Gasteiger partial charge in [0.2, 0.25) is 0 Å². The SMILES string of the molecule is COc1cccc(C(=O)Nc2cccc(OCc3ccncc3)c2)c1. The molecule has 0 aliphatic heterocycles. The molecule has 3 aromatic rings. The Morgan fingerprint density at radius 2 is 1.76 bits per heavy atom. The van der Waals surface area contributed by atoms with Crippen LogP contribution < -0.4 is 14.8 Å². The van der Waals surface area contributed by atoms with E-state index in [0.717, 1.165) is 5.56 Å². The summed E-state index contributed by atoms with van der Waals surface area (Å²) in [5.41, 5.74) is 2.23. The first-order valence-corrected chi connectivity index (χ1v) is 7.82. The molecule has 0 bridgehead atoms. The van der Waals surface area contributed by atoms with Crippen LogP contribution in [0.4, 0.5) is 5.69 Å². The highest BCUT2D eigenvalue weighted by atomic mass is 16.5. The number of carbonyl (C=O) groups is 1. The Morgan fingerprint density at radius 1 is 1.00 bits per heavy atom. The quantitative estimate of drug-likeness (QED) is 0.742. The van der Waals surface area contributed by atoms with Crippen molar-refractivity contribution in [3.63, 3.8) is 0 Å². The summed E-state index contributed by atoms with van der Waals surface area (Å²) in [6.45, 7) is 0.440. The predicted octanol–water partition coefficient (Wildman–Crippen LogP) is 3.92. The van der Waals surface area contributed by atoms with Crippen LogP contribution in [0.15, 0.2) is 73.1 Å². The fourth-order valence-corrected chi connectivity index (χ4v) is 2.28. The highest BCUT2D eigenvalue weighted by Crippen LogP contribution is 2.20. The van der Waals surface area contributed by atoms with Crippen LogP contribution in [0.3, 0.4) is 0 Å². The van der Waals surface area contributed by atoms with Gasteiger partial charge < -0.3 is 14.8 Å². The van der Waals surface area contributed by atoms with Gasteiger partial charge in [0.05, 0.1) is 7.11 Å². The lowest BCUT2D eigenvalue weighted by atomic mass is 10.2. The first-order valence-electron chi connectivity index (χ1n) is 7.82. The lowest BCUT2D eigenvalue weighted by Crippen LogP contribution is -2.12. The summed E-state index contributed by atoms with van der Waals surface area (Å²) in [6.07, 6.45) is 3.45. The number of amides is 1. The fraction of sp³-hybridized carbons (Fsp3) is 0.100. The molecule has 0 saturated carbocycles. The molecule has 1 aromatic heterocycles. The standard InChI is InChI=1S/C20H18N2O3/c1-24-18-6-2-4-16(12-18)20(23)22-17-5-3-7-19(13-17)25-14-15-8-10-21-11-9-15/h2-13H,14H2,1H3,(H,22,23). The van der Waals surface area contributed by atoms with E-state index in [-0.39, 0.29) is 5.91 Å². The van der Waals surface area contributed by atoms with E-state index in [4.69, 9.17) is 9.47 Å². The van der Waals surface area contributed by atoms with E-state index in [1.54, 1.807) is 49.8 Å². The zero-order chi connectivity index (χ0) is 17.5. The molecule has 0 aliphatic carbocycles. The molecule has 2 aromatic carbocycles. The molecule has 0 unspecified atom stereocenters. The number of aromatic nitrogens is 1. The number of hydrogen-bond donors (Lipinski definition) is 1. The first kappa shape index (κ1) is 16.5. The van der Waals surface area contributed by atoms with Gasteiger partial charge in [-0.1, -0.05) is 12.1 Å². The van der Waals surface area contributed by atoms with E-state index in [1.807, 2.05) is 30.3 Å². The summed E-state index contributed by atoms with van der Waals surface area (Å²) in [5, 5.41) is 2.86. The van der Waals surface area contributed by atoms with Crippen molar-refractivity contribution >= 4 is 11.6 Å². The number of methoxy groups -OCH3 is 1. The summed E-state index contributed by atoms with van der Waals surface area (Å²) < 4.78 is 10.9. The van der Waals surface area contributed by atoms with Gasteiger partial charge in [0.25, 0.3) is 5.91 Å². The fourth-order valence-electron chi connectivity index (χ4n) is 2.28. The molecule has 0 saturated heterocycles. The Kier molecular flexibility index (Phi) is 5.26. The lowest BCUT2D eigenvalue weighted by molar-refractivity contribution is 0.102. The molecular formula is C20H18N2O3. The second-order valence-corrected chi connectivity index (χ2v) is 5.36. The molecule has 0 fully saturated rings. The highest BCUT2D eigenvalue weighted by Gasteiger charge is 2.08. The van der Waals surface area contributed by atoms with Crippen molar-refractivity contribution in [2.45, 2.75) is 6.61 Å². The Bertz CT molecular complexity index is 850. The zero-order valence-electron chi connectivity index (χ0n) is 13.8. The van der Waals surface area contributed by atoms with Crippen LogP contribution in [-0.2, 0) is 6.61 Å². The Morgan fingerprint density at radius 3 is 2.56 bits per heavy atom. The summed E-state index contributed by atoms with van der Waals surface area (Å²) in [6, 6.07) is 18.1. The van der Waals surface area contributed by atoms with Crippen molar-refractivity contribution in [2.75, 3.05) is 12.4 Å². The summed E-state index contributed by atoms with van der Waals surface area (Å²) >= 11 is 0. The average molecular weight is 334 g/mol. The number of nitrogens with zero attached hydrogens (tertiary/aromatic N) is 1. The van der Waals surface area contributed by atoms with E-state index in [1.165, 1.54) is 0 Å². The first-order chi connectivity index (χ1) is 12.2. The van der Waals surface area contributed by atoms with Crippen molar-refractivity contribution in [2.24, 2.45) is 0 Å². The molecule has 25 heavy (non-hydrogen) atoms. The van der Waals surface area contributed by atoms with Gasteiger partial charge in [-0.05, 0) is 48.0 Å². The normalized spacial score (nSPS) is 10.1. The van der Waals surface area contributed by atoms with Crippen LogP contribution in [0, 0.1) is 0 Å². The van der Waals surface area contributed by atoms with Crippen LogP contribution in [0.1, 0.15) is 15.9 Å². The van der Waals surface area contributed by atoms with Gasteiger partial charge in [-0.15, -0.1) is 0 Å². The number of anilines is 1. The van der Waals surface area contributed by atoms with Gasteiger partial charge in [-0.3, -0.25) is 9.78 Å². The molecule has 5 heteroatoms. The summed E-state index contributed by atoms with van der Waals surface area (Å²) in [4.78, 5) is 16.3. The minimum Gasteiger partial charge on any atom is -0.497 e. The summed E-state index contributed by atoms with van der Waals surface area (Å²) in [7, 11) is 1.57. The van der Waals surface area contributed by atoms with Gasteiger partial charge in [0.1, 0.15) is 18.1 Å². The van der Waals surface area contributed by atoms with Crippen LogP contribution in [0.5, 0.6) is 11.5 Å². The average Bonchev–Trinajstić information content (AvgIpc) is 2.67. The van der Waals surface area contributed by atoms with E-state index < -0.39 is 0 Å². The number of rotatable bonds is 6. The Balaban J connectivity index is 1.65. The number of carbonyl (C=O) groups excluding carboxylic acids is 1. The smallest absolute Gasteiger partial charge is 0.255 e. The number of benzene rings is 2. The van der Waals surface area contributed by atoms with Crippen molar-refractivity contribution < 1.29 is 14.3 Å². The number of ether oxygens (including phenoxy) is 2. The van der Waals surface area contributed by atoms with E-state index in [0.29, 0.717) is 29.4 Å². The molecule has 5 nitrogen and oxygen atoms in total. The molecule has 1 heterocycles. The maximum Gasteiger partial charge on any atom is 0.255 e. The minimum absolute atomic E-state index is 0.204. The highest BCUT2D eigenvalue weighted by molar-refractivity contribution is 6.04. The maximum atomic E-state index is 12.4. The van der Waals surface area contributed by atoms with Crippen molar-refractivity contribution in [1.82, 2.24) is 4.98 Å². The number of pyridine rings is 1. The number of nitrogens with one attached hydrogen (secondary N) is 1. The van der Waals surface area contributed by atoms with Gasteiger partial charge in [0.15, 0.2) is 0 Å². The maximum absolute atomic E-state index is 12.4. The molecule has 0 radical (unpaired) electrons. The lowest BCUT2D eigenvalue weighted by Gasteiger charge is -2.10. The molecule has 1 amide bonds. The summed E-state index contributed by atoms with van der Waals surface area (Å²) in [5.74, 6) is 1.12. The third-order valence-electron chi connectivity index (χ3n) is 3.58. The molecule has 0 spiro atoms. The second kappa shape index (κ2) is 7.97. The van der Waals surface area contributed by atoms with Crippen molar-refractivity contribution in [3.8, 4) is 11.5 Å². The molecule has 0 aliphatic rings. The van der Waals surface area contributed by atoms with Crippen LogP contribution in [0.25, 0.3) is 0 Å². The minimum atomic E-state index is -0.204. The van der Waals surface area contributed by atoms with Gasteiger partial charge in [0, 0.05) is 29.7 Å². The molecule has 0 atom stereocenters. The van der Waals surface area contributed by atoms with Crippen molar-refractivity contribution in [3.05, 3.63) is 84.2 Å².